The molecule has 0 saturated heterocycles. The van der Waals surface area contributed by atoms with Gasteiger partial charge >= 0.3 is 0 Å². The molecule has 1 unspecified atom stereocenters. The van der Waals surface area contributed by atoms with Crippen LogP contribution in [0, 0.1) is 5.92 Å². The molecule has 0 spiro atoms. The van der Waals surface area contributed by atoms with Crippen molar-refractivity contribution in [2.24, 2.45) is 5.92 Å². The number of hydrogen-bond acceptors (Lipinski definition) is 5. The van der Waals surface area contributed by atoms with Gasteiger partial charge in [-0.3, -0.25) is 4.79 Å². The van der Waals surface area contributed by atoms with Crippen LogP contribution in [0.15, 0.2) is 97.1 Å². The number of rotatable bonds is 16. The molecule has 5 rings (SSSR count). The maximum atomic E-state index is 12.8. The van der Waals surface area contributed by atoms with Gasteiger partial charge in [-0.2, -0.15) is 0 Å². The Balaban J connectivity index is 0.00000520. The number of amides is 1. The Morgan fingerprint density at radius 1 is 0.812 bits per heavy atom. The van der Waals surface area contributed by atoms with E-state index in [0.717, 1.165) is 86.4 Å². The Morgan fingerprint density at radius 3 is 2.06 bits per heavy atom. The number of methoxy groups -OCH3 is 3. The molecule has 1 aliphatic heterocycles. The minimum Gasteiger partial charge on any atom is -0.497 e. The second-order valence-corrected chi connectivity index (χ2v) is 12.7. The molecule has 4 aromatic carbocycles. The summed E-state index contributed by atoms with van der Waals surface area (Å²) < 4.78 is 16.4. The van der Waals surface area contributed by atoms with Crippen molar-refractivity contribution in [2.45, 2.75) is 63.2 Å². The highest BCUT2D eigenvalue weighted by atomic mass is 35.5. The van der Waals surface area contributed by atoms with Crippen LogP contribution in [0.4, 0.5) is 5.69 Å². The van der Waals surface area contributed by atoms with E-state index >= 15 is 0 Å². The van der Waals surface area contributed by atoms with Crippen molar-refractivity contribution in [1.29, 1.82) is 0 Å². The van der Waals surface area contributed by atoms with Gasteiger partial charge in [-0.15, -0.1) is 12.4 Å². The zero-order chi connectivity index (χ0) is 32.9. The maximum absolute atomic E-state index is 12.8. The zero-order valence-corrected chi connectivity index (χ0v) is 29.5. The van der Waals surface area contributed by atoms with Gasteiger partial charge in [0, 0.05) is 36.7 Å². The van der Waals surface area contributed by atoms with Crippen molar-refractivity contribution >= 4 is 24.0 Å². The van der Waals surface area contributed by atoms with E-state index < -0.39 is 0 Å². The van der Waals surface area contributed by atoms with Gasteiger partial charge in [0.15, 0.2) is 11.5 Å². The maximum Gasteiger partial charge on any atom is 0.220 e. The van der Waals surface area contributed by atoms with E-state index in [0.29, 0.717) is 18.9 Å². The number of halogens is 1. The van der Waals surface area contributed by atoms with E-state index in [1.165, 1.54) is 16.7 Å². The van der Waals surface area contributed by atoms with Crippen molar-refractivity contribution in [3.05, 3.63) is 119 Å². The van der Waals surface area contributed by atoms with Crippen LogP contribution in [-0.2, 0) is 23.1 Å². The van der Waals surface area contributed by atoms with E-state index in [-0.39, 0.29) is 23.7 Å². The summed E-state index contributed by atoms with van der Waals surface area (Å²) in [5.41, 5.74) is 6.15. The fourth-order valence-electron chi connectivity index (χ4n) is 7.09. The lowest BCUT2D eigenvalue weighted by Gasteiger charge is -2.36. The fraction of sp³-hybridized carbons (Fsp3) is 0.390. The molecule has 1 atom stereocenters. The lowest BCUT2D eigenvalue weighted by Crippen LogP contribution is -2.31. The van der Waals surface area contributed by atoms with E-state index in [1.54, 1.807) is 21.3 Å². The topological polar surface area (TPSA) is 68.8 Å². The minimum atomic E-state index is -0.127. The highest BCUT2D eigenvalue weighted by Crippen LogP contribution is 2.42. The van der Waals surface area contributed by atoms with Gasteiger partial charge in [0.25, 0.3) is 0 Å². The normalized spacial score (nSPS) is 14.0. The first kappa shape index (κ1) is 36.7. The fourth-order valence-corrected chi connectivity index (χ4v) is 7.09. The number of benzene rings is 4. The molecule has 6 nitrogen and oxygen atoms in total. The number of hydrogen-bond donors (Lipinski definition) is 2. The SMILES string of the molecule is COc1ccc(CCC(=O)NCCCC(CCCC2CCc3cc(OC)c(OC)cc3NC2)(c2ccccc2)c2ccccc2)cc1.Cl. The zero-order valence-electron chi connectivity index (χ0n) is 28.6. The molecule has 1 heterocycles. The standard InChI is InChI=1S/C41H50N2O4.ClH/c1-45-36-22-18-31(19-23-36)20-24-40(44)42-27-11-26-41(34-13-6-4-7-14-34,35-15-8-5-9-16-35)25-10-12-32-17-21-33-28-38(46-2)39(47-3)29-37(33)43-30-32;/h4-9,13-16,18-19,22-23,28-29,32,43H,10-12,17,20-21,24-27,30H2,1-3H3,(H,42,44);1H. The van der Waals surface area contributed by atoms with Crippen LogP contribution in [0.3, 0.4) is 0 Å². The van der Waals surface area contributed by atoms with Crippen molar-refractivity contribution in [3.63, 3.8) is 0 Å². The third-order valence-corrected chi connectivity index (χ3v) is 9.78. The molecule has 1 amide bonds. The van der Waals surface area contributed by atoms with Gasteiger partial charge in [0.2, 0.25) is 5.91 Å². The van der Waals surface area contributed by atoms with E-state index in [9.17, 15) is 4.79 Å². The van der Waals surface area contributed by atoms with Crippen molar-refractivity contribution in [2.75, 3.05) is 39.7 Å². The van der Waals surface area contributed by atoms with E-state index in [2.05, 4.69) is 83.4 Å². The van der Waals surface area contributed by atoms with Gasteiger partial charge in [-0.05, 0) is 91.3 Å². The summed E-state index contributed by atoms with van der Waals surface area (Å²) in [7, 11) is 5.05. The Hall–Kier alpha value is -4.16. The van der Waals surface area contributed by atoms with Gasteiger partial charge in [0.1, 0.15) is 5.75 Å². The molecule has 256 valence electrons. The number of ether oxygens (including phenoxy) is 3. The molecule has 4 aromatic rings. The summed E-state index contributed by atoms with van der Waals surface area (Å²) in [6, 6.07) is 34.1. The van der Waals surface area contributed by atoms with Crippen LogP contribution in [0.25, 0.3) is 0 Å². The summed E-state index contributed by atoms with van der Waals surface area (Å²) in [6.07, 6.45) is 8.55. The lowest BCUT2D eigenvalue weighted by molar-refractivity contribution is -0.121. The molecular formula is C41H51ClN2O4. The molecular weight excluding hydrogens is 620 g/mol. The van der Waals surface area contributed by atoms with E-state index in [4.69, 9.17) is 14.2 Å². The molecule has 0 aromatic heterocycles. The molecule has 1 aliphatic rings. The summed E-state index contributed by atoms with van der Waals surface area (Å²) in [5.74, 6) is 3.06. The van der Waals surface area contributed by atoms with Crippen LogP contribution in [0.5, 0.6) is 17.2 Å². The second kappa shape index (κ2) is 18.4. The van der Waals surface area contributed by atoms with Crippen molar-refractivity contribution < 1.29 is 19.0 Å². The highest BCUT2D eigenvalue weighted by Gasteiger charge is 2.33. The number of nitrogens with one attached hydrogen (secondary N) is 2. The monoisotopic (exact) mass is 670 g/mol. The van der Waals surface area contributed by atoms with Gasteiger partial charge in [-0.25, -0.2) is 0 Å². The Labute approximate surface area is 293 Å². The van der Waals surface area contributed by atoms with Gasteiger partial charge in [0.05, 0.1) is 21.3 Å². The first-order valence-corrected chi connectivity index (χ1v) is 17.0. The predicted octanol–water partition coefficient (Wildman–Crippen LogP) is 8.79. The molecule has 0 aliphatic carbocycles. The third-order valence-electron chi connectivity index (χ3n) is 9.78. The first-order valence-electron chi connectivity index (χ1n) is 17.0. The predicted molar refractivity (Wildman–Crippen MR) is 198 cm³/mol. The van der Waals surface area contributed by atoms with E-state index in [1.807, 2.05) is 24.3 Å². The molecule has 0 saturated carbocycles. The summed E-state index contributed by atoms with van der Waals surface area (Å²) >= 11 is 0. The Bertz CT molecular complexity index is 1470. The molecule has 2 N–H and O–H groups in total. The van der Waals surface area contributed by atoms with Gasteiger partial charge < -0.3 is 24.8 Å². The molecule has 7 heteroatoms. The van der Waals surface area contributed by atoms with Crippen LogP contribution in [-0.4, -0.2) is 40.3 Å². The van der Waals surface area contributed by atoms with Gasteiger partial charge in [-0.1, -0.05) is 79.2 Å². The average Bonchev–Trinajstić information content (AvgIpc) is 3.33. The Kier molecular flexibility index (Phi) is 14.1. The number of carbonyl (C=O) groups excluding carboxylic acids is 1. The highest BCUT2D eigenvalue weighted by molar-refractivity contribution is 5.85. The number of aryl methyl sites for hydroxylation is 2. The Morgan fingerprint density at radius 2 is 1.44 bits per heavy atom. The summed E-state index contributed by atoms with van der Waals surface area (Å²) in [5, 5.41) is 6.91. The lowest BCUT2D eigenvalue weighted by atomic mass is 9.68. The van der Waals surface area contributed by atoms with Crippen LogP contribution in [0.1, 0.15) is 67.2 Å². The molecule has 48 heavy (non-hydrogen) atoms. The first-order chi connectivity index (χ1) is 23.0. The van der Waals surface area contributed by atoms with Crippen molar-refractivity contribution in [1.82, 2.24) is 5.32 Å². The minimum absolute atomic E-state index is 0. The van der Waals surface area contributed by atoms with Crippen LogP contribution < -0.4 is 24.8 Å². The summed E-state index contributed by atoms with van der Waals surface area (Å²) in [6.45, 7) is 1.62. The molecule has 0 fully saturated rings. The average molecular weight is 671 g/mol. The number of carbonyl (C=O) groups is 1. The summed E-state index contributed by atoms with van der Waals surface area (Å²) in [4.78, 5) is 12.8. The van der Waals surface area contributed by atoms with Crippen LogP contribution >= 0.6 is 12.4 Å². The smallest absolute Gasteiger partial charge is 0.220 e. The number of fused-ring (bicyclic) bond motifs is 1. The molecule has 0 bridgehead atoms. The van der Waals surface area contributed by atoms with Crippen molar-refractivity contribution in [3.8, 4) is 17.2 Å². The number of anilines is 1. The second-order valence-electron chi connectivity index (χ2n) is 12.7. The van der Waals surface area contributed by atoms with Crippen LogP contribution in [0.2, 0.25) is 0 Å². The molecule has 0 radical (unpaired) electrons. The largest absolute Gasteiger partial charge is 0.497 e. The quantitative estimate of drug-likeness (QED) is 0.117. The third kappa shape index (κ3) is 9.47.